The number of methoxy groups -OCH3 is 1. The minimum atomic E-state index is -0.574. The molecule has 23 heavy (non-hydrogen) atoms. The number of nitrogens with zero attached hydrogens (tertiary/aromatic N) is 2. The molecule has 6 nitrogen and oxygen atoms in total. The van der Waals surface area contributed by atoms with Gasteiger partial charge in [-0.05, 0) is 24.3 Å². The maximum atomic E-state index is 12.9. The van der Waals surface area contributed by atoms with Crippen molar-refractivity contribution in [1.29, 1.82) is 0 Å². The zero-order chi connectivity index (χ0) is 16.4. The molecule has 0 saturated heterocycles. The SMILES string of the molecule is COC(=O)Nc1nc2c(s1)CN(C(=O)c1ccc(F)cc1)CC2. The van der Waals surface area contributed by atoms with Gasteiger partial charge >= 0.3 is 6.09 Å². The summed E-state index contributed by atoms with van der Waals surface area (Å²) in [4.78, 5) is 30.6. The number of benzene rings is 1. The van der Waals surface area contributed by atoms with Gasteiger partial charge < -0.3 is 9.64 Å². The Hall–Kier alpha value is -2.48. The number of ether oxygens (including phenoxy) is 1. The van der Waals surface area contributed by atoms with Crippen LogP contribution in [0.15, 0.2) is 24.3 Å². The zero-order valence-corrected chi connectivity index (χ0v) is 13.2. The Balaban J connectivity index is 1.73. The van der Waals surface area contributed by atoms with Gasteiger partial charge in [0, 0.05) is 23.4 Å². The molecule has 1 aromatic heterocycles. The lowest BCUT2D eigenvalue weighted by Crippen LogP contribution is -2.35. The van der Waals surface area contributed by atoms with Crippen LogP contribution in [0.25, 0.3) is 0 Å². The molecular weight excluding hydrogens is 321 g/mol. The molecule has 1 aliphatic heterocycles. The van der Waals surface area contributed by atoms with Crippen LogP contribution in [0.2, 0.25) is 0 Å². The largest absolute Gasteiger partial charge is 0.453 e. The molecule has 2 aromatic rings. The molecule has 2 amide bonds. The summed E-state index contributed by atoms with van der Waals surface area (Å²) in [5, 5.41) is 2.99. The molecule has 0 radical (unpaired) electrons. The molecule has 1 aliphatic rings. The number of rotatable bonds is 2. The van der Waals surface area contributed by atoms with Crippen molar-refractivity contribution in [2.24, 2.45) is 0 Å². The Morgan fingerprint density at radius 2 is 2.09 bits per heavy atom. The highest BCUT2D eigenvalue weighted by atomic mass is 32.1. The Labute approximate surface area is 135 Å². The minimum absolute atomic E-state index is 0.147. The van der Waals surface area contributed by atoms with E-state index in [9.17, 15) is 14.0 Å². The third-order valence-electron chi connectivity index (χ3n) is 3.50. The number of hydrogen-bond acceptors (Lipinski definition) is 5. The molecule has 0 bridgehead atoms. The van der Waals surface area contributed by atoms with Crippen LogP contribution >= 0.6 is 11.3 Å². The number of thiazole rings is 1. The van der Waals surface area contributed by atoms with E-state index in [-0.39, 0.29) is 11.7 Å². The zero-order valence-electron chi connectivity index (χ0n) is 12.3. The summed E-state index contributed by atoms with van der Waals surface area (Å²) in [5.74, 6) is -0.519. The molecule has 0 spiro atoms. The summed E-state index contributed by atoms with van der Waals surface area (Å²) in [7, 11) is 1.28. The average Bonchev–Trinajstić information content (AvgIpc) is 2.96. The molecule has 0 unspecified atom stereocenters. The topological polar surface area (TPSA) is 71.5 Å². The van der Waals surface area contributed by atoms with Crippen molar-refractivity contribution in [3.05, 3.63) is 46.2 Å². The number of nitrogens with one attached hydrogen (secondary N) is 1. The molecule has 8 heteroatoms. The standard InChI is InChI=1S/C15H14FN3O3S/c1-22-15(21)18-14-17-11-6-7-19(8-12(11)23-14)13(20)9-2-4-10(16)5-3-9/h2-5H,6-8H2,1H3,(H,17,18,21). The Kier molecular flexibility index (Phi) is 4.24. The van der Waals surface area contributed by atoms with Crippen LogP contribution in [-0.4, -0.2) is 35.5 Å². The highest BCUT2D eigenvalue weighted by Crippen LogP contribution is 2.29. The van der Waals surface area contributed by atoms with Gasteiger partial charge in [-0.3, -0.25) is 10.1 Å². The van der Waals surface area contributed by atoms with Crippen LogP contribution in [-0.2, 0) is 17.7 Å². The van der Waals surface area contributed by atoms with E-state index in [1.165, 1.54) is 42.7 Å². The lowest BCUT2D eigenvalue weighted by Gasteiger charge is -2.26. The Morgan fingerprint density at radius 1 is 1.35 bits per heavy atom. The fourth-order valence-corrected chi connectivity index (χ4v) is 3.35. The number of carbonyl (C=O) groups is 2. The van der Waals surface area contributed by atoms with E-state index >= 15 is 0 Å². The third kappa shape index (κ3) is 3.31. The van der Waals surface area contributed by atoms with Crippen molar-refractivity contribution in [3.63, 3.8) is 0 Å². The molecule has 0 fully saturated rings. The van der Waals surface area contributed by atoms with Gasteiger partial charge in [0.1, 0.15) is 5.82 Å². The number of hydrogen-bond donors (Lipinski definition) is 1. The van der Waals surface area contributed by atoms with Gasteiger partial charge in [-0.15, -0.1) is 0 Å². The fourth-order valence-electron chi connectivity index (χ4n) is 2.34. The number of halogens is 1. The first kappa shape index (κ1) is 15.4. The van der Waals surface area contributed by atoms with Gasteiger partial charge in [0.2, 0.25) is 0 Å². The maximum Gasteiger partial charge on any atom is 0.413 e. The number of anilines is 1. The summed E-state index contributed by atoms with van der Waals surface area (Å²) in [6.45, 7) is 0.955. The quantitative estimate of drug-likeness (QED) is 0.916. The van der Waals surface area contributed by atoms with Gasteiger partial charge in [0.05, 0.1) is 19.3 Å². The Morgan fingerprint density at radius 3 is 2.78 bits per heavy atom. The lowest BCUT2D eigenvalue weighted by molar-refractivity contribution is 0.0736. The number of fused-ring (bicyclic) bond motifs is 1. The van der Waals surface area contributed by atoms with Crippen LogP contribution < -0.4 is 5.32 Å². The Bertz CT molecular complexity index is 745. The van der Waals surface area contributed by atoms with Gasteiger partial charge in [0.25, 0.3) is 5.91 Å². The van der Waals surface area contributed by atoms with E-state index in [4.69, 9.17) is 0 Å². The number of carbonyl (C=O) groups excluding carboxylic acids is 2. The molecule has 120 valence electrons. The lowest BCUT2D eigenvalue weighted by atomic mass is 10.1. The maximum absolute atomic E-state index is 12.9. The van der Waals surface area contributed by atoms with E-state index in [0.717, 1.165) is 10.6 Å². The fraction of sp³-hybridized carbons (Fsp3) is 0.267. The molecule has 0 atom stereocenters. The molecule has 1 N–H and O–H groups in total. The van der Waals surface area contributed by atoms with Gasteiger partial charge in [-0.2, -0.15) is 0 Å². The predicted molar refractivity (Wildman–Crippen MR) is 83.0 cm³/mol. The van der Waals surface area contributed by atoms with Crippen LogP contribution in [0.1, 0.15) is 20.9 Å². The number of aromatic nitrogens is 1. The van der Waals surface area contributed by atoms with Crippen molar-refractivity contribution >= 4 is 28.5 Å². The van der Waals surface area contributed by atoms with Crippen molar-refractivity contribution in [3.8, 4) is 0 Å². The molecule has 2 heterocycles. The summed E-state index contributed by atoms with van der Waals surface area (Å²) in [6.07, 6.45) is 0.0390. The second kappa shape index (κ2) is 6.33. The first-order valence-electron chi connectivity index (χ1n) is 6.95. The highest BCUT2D eigenvalue weighted by molar-refractivity contribution is 7.15. The number of amides is 2. The van der Waals surface area contributed by atoms with Crippen molar-refractivity contribution in [2.45, 2.75) is 13.0 Å². The molecule has 0 saturated carbocycles. The first-order valence-corrected chi connectivity index (χ1v) is 7.77. The van der Waals surface area contributed by atoms with Crippen molar-refractivity contribution in [2.75, 3.05) is 19.0 Å². The van der Waals surface area contributed by atoms with E-state index in [2.05, 4.69) is 15.0 Å². The van der Waals surface area contributed by atoms with Gasteiger partial charge in [0.15, 0.2) is 5.13 Å². The van der Waals surface area contributed by atoms with Crippen LogP contribution in [0, 0.1) is 5.82 Å². The average molecular weight is 335 g/mol. The van der Waals surface area contributed by atoms with Crippen molar-refractivity contribution in [1.82, 2.24) is 9.88 Å². The minimum Gasteiger partial charge on any atom is -0.453 e. The molecule has 0 aliphatic carbocycles. The van der Waals surface area contributed by atoms with Crippen LogP contribution in [0.5, 0.6) is 0 Å². The predicted octanol–water partition coefficient (Wildman–Crippen LogP) is 2.66. The summed E-state index contributed by atoms with van der Waals surface area (Å²) in [6, 6.07) is 5.50. The second-order valence-corrected chi connectivity index (χ2v) is 6.07. The second-order valence-electron chi connectivity index (χ2n) is 4.99. The summed E-state index contributed by atoms with van der Waals surface area (Å²) < 4.78 is 17.5. The van der Waals surface area contributed by atoms with Crippen LogP contribution in [0.3, 0.4) is 0 Å². The monoisotopic (exact) mass is 335 g/mol. The van der Waals surface area contributed by atoms with E-state index < -0.39 is 6.09 Å². The first-order chi connectivity index (χ1) is 11.1. The highest BCUT2D eigenvalue weighted by Gasteiger charge is 2.25. The molecule has 3 rings (SSSR count). The van der Waals surface area contributed by atoms with Gasteiger partial charge in [-0.25, -0.2) is 14.2 Å². The smallest absolute Gasteiger partial charge is 0.413 e. The molecule has 1 aromatic carbocycles. The van der Waals surface area contributed by atoms with E-state index in [1.807, 2.05) is 0 Å². The molecular formula is C15H14FN3O3S. The summed E-state index contributed by atoms with van der Waals surface area (Å²) in [5.41, 5.74) is 1.33. The normalized spacial score (nSPS) is 13.4. The van der Waals surface area contributed by atoms with Gasteiger partial charge in [-0.1, -0.05) is 11.3 Å². The third-order valence-corrected chi connectivity index (χ3v) is 4.50. The van der Waals surface area contributed by atoms with Crippen molar-refractivity contribution < 1.29 is 18.7 Å². The van der Waals surface area contributed by atoms with E-state index in [0.29, 0.717) is 30.2 Å². The van der Waals surface area contributed by atoms with Crippen LogP contribution in [0.4, 0.5) is 14.3 Å². The summed E-state index contributed by atoms with van der Waals surface area (Å²) >= 11 is 1.32. The van der Waals surface area contributed by atoms with E-state index in [1.54, 1.807) is 4.90 Å².